The predicted octanol–water partition coefficient (Wildman–Crippen LogP) is 4.40. The van der Waals surface area contributed by atoms with E-state index in [2.05, 4.69) is 9.88 Å². The van der Waals surface area contributed by atoms with Crippen molar-refractivity contribution in [2.24, 2.45) is 0 Å². The van der Waals surface area contributed by atoms with Crippen LogP contribution in [0.15, 0.2) is 76.4 Å². The average molecular weight is 459 g/mol. The van der Waals surface area contributed by atoms with Gasteiger partial charge in [0.1, 0.15) is 5.82 Å². The Morgan fingerprint density at radius 2 is 1.62 bits per heavy atom. The molecular weight excluding hydrogens is 431 g/mol. The summed E-state index contributed by atoms with van der Waals surface area (Å²) in [7, 11) is 4.10. The lowest BCUT2D eigenvalue weighted by molar-refractivity contribution is 0.191. The van der Waals surface area contributed by atoms with Gasteiger partial charge in [0.15, 0.2) is 5.65 Å². The van der Waals surface area contributed by atoms with E-state index >= 15 is 0 Å². The predicted molar refractivity (Wildman–Crippen MR) is 132 cm³/mol. The largest absolute Gasteiger partial charge is 0.337 e. The molecule has 0 N–H and O–H groups in total. The molecule has 0 aliphatic heterocycles. The minimum atomic E-state index is -0.601. The third-order valence-electron chi connectivity index (χ3n) is 6.86. The first-order chi connectivity index (χ1) is 16.4. The molecule has 0 spiro atoms. The van der Waals surface area contributed by atoms with Gasteiger partial charge >= 0.3 is 5.69 Å². The zero-order valence-electron chi connectivity index (χ0n) is 19.3. The van der Waals surface area contributed by atoms with E-state index in [1.54, 1.807) is 0 Å². The van der Waals surface area contributed by atoms with Crippen LogP contribution in [0, 0.1) is 5.82 Å². The number of hydrogen-bond acceptors (Lipinski definition) is 4. The van der Waals surface area contributed by atoms with Crippen LogP contribution < -0.4 is 11.2 Å². The minimum absolute atomic E-state index is 0.111. The molecular formula is C27H27FN4O2. The first-order valence-corrected chi connectivity index (χ1v) is 11.6. The maximum Gasteiger partial charge on any atom is 0.337 e. The van der Waals surface area contributed by atoms with Crippen molar-refractivity contribution in [1.82, 2.24) is 19.0 Å². The SMILES string of the molecule is CN(C)[C@H]1CC[C@@H](n2c(=O)c3cc(F)cnc3n(-c3cccc(-c4ccccc4)c3)c2=O)CC1. The molecule has 1 aliphatic rings. The maximum absolute atomic E-state index is 14.1. The molecule has 0 amide bonds. The Hall–Kier alpha value is -3.58. The Balaban J connectivity index is 1.70. The van der Waals surface area contributed by atoms with Gasteiger partial charge < -0.3 is 4.90 Å². The number of fused-ring (bicyclic) bond motifs is 1. The zero-order chi connectivity index (χ0) is 23.8. The highest BCUT2D eigenvalue weighted by Crippen LogP contribution is 2.29. The van der Waals surface area contributed by atoms with Crippen LogP contribution >= 0.6 is 0 Å². The van der Waals surface area contributed by atoms with Crippen molar-refractivity contribution in [3.63, 3.8) is 0 Å². The molecule has 0 atom stereocenters. The Kier molecular flexibility index (Phi) is 5.87. The molecule has 1 saturated carbocycles. The zero-order valence-corrected chi connectivity index (χ0v) is 19.3. The van der Waals surface area contributed by atoms with E-state index in [0.29, 0.717) is 11.7 Å². The number of benzene rings is 2. The van der Waals surface area contributed by atoms with E-state index in [0.717, 1.165) is 43.0 Å². The summed E-state index contributed by atoms with van der Waals surface area (Å²) in [6, 6.07) is 18.8. The molecule has 0 saturated heterocycles. The van der Waals surface area contributed by atoms with E-state index < -0.39 is 17.1 Å². The van der Waals surface area contributed by atoms with Gasteiger partial charge in [-0.05, 0) is 69.1 Å². The van der Waals surface area contributed by atoms with Crippen molar-refractivity contribution < 1.29 is 4.39 Å². The molecule has 0 radical (unpaired) electrons. The smallest absolute Gasteiger partial charge is 0.306 e. The number of aromatic nitrogens is 3. The Labute approximate surface area is 196 Å². The van der Waals surface area contributed by atoms with Gasteiger partial charge in [-0.25, -0.2) is 18.7 Å². The van der Waals surface area contributed by atoms with Gasteiger partial charge in [0.2, 0.25) is 0 Å². The summed E-state index contributed by atoms with van der Waals surface area (Å²) in [4.78, 5) is 33.6. The molecule has 0 bridgehead atoms. The molecule has 1 fully saturated rings. The third-order valence-corrected chi connectivity index (χ3v) is 6.86. The maximum atomic E-state index is 14.1. The molecule has 4 aromatic rings. The summed E-state index contributed by atoms with van der Waals surface area (Å²) in [6.45, 7) is 0. The van der Waals surface area contributed by atoms with E-state index in [1.807, 2.05) is 68.7 Å². The number of rotatable bonds is 4. The van der Waals surface area contributed by atoms with Gasteiger partial charge in [-0.1, -0.05) is 42.5 Å². The lowest BCUT2D eigenvalue weighted by Gasteiger charge is -2.33. The number of pyridine rings is 1. The van der Waals surface area contributed by atoms with Gasteiger partial charge in [0.05, 0.1) is 17.3 Å². The number of hydrogen-bond donors (Lipinski definition) is 0. The number of halogens is 1. The molecule has 0 unspecified atom stereocenters. The molecule has 2 aromatic heterocycles. The molecule has 6 nitrogen and oxygen atoms in total. The van der Waals surface area contributed by atoms with Crippen molar-refractivity contribution in [1.29, 1.82) is 0 Å². The van der Waals surface area contributed by atoms with E-state index in [4.69, 9.17) is 0 Å². The van der Waals surface area contributed by atoms with E-state index in [-0.39, 0.29) is 17.1 Å². The summed E-state index contributed by atoms with van der Waals surface area (Å²) in [5, 5.41) is 0.111. The van der Waals surface area contributed by atoms with Gasteiger partial charge in [-0.15, -0.1) is 0 Å². The van der Waals surface area contributed by atoms with Gasteiger partial charge in [0, 0.05) is 12.1 Å². The molecule has 5 rings (SSSR count). The molecule has 34 heavy (non-hydrogen) atoms. The van der Waals surface area contributed by atoms with Crippen LogP contribution in [-0.4, -0.2) is 39.2 Å². The fourth-order valence-corrected chi connectivity index (χ4v) is 5.03. The quantitative estimate of drug-likeness (QED) is 0.455. The lowest BCUT2D eigenvalue weighted by Crippen LogP contribution is -2.44. The first kappa shape index (κ1) is 22.2. The normalized spacial score (nSPS) is 18.5. The van der Waals surface area contributed by atoms with Crippen molar-refractivity contribution >= 4 is 11.0 Å². The monoisotopic (exact) mass is 458 g/mol. The fraction of sp³-hybridized carbons (Fsp3) is 0.296. The van der Waals surface area contributed by atoms with Crippen molar-refractivity contribution in [2.45, 2.75) is 37.8 Å². The van der Waals surface area contributed by atoms with Crippen LogP contribution in [-0.2, 0) is 0 Å². The second-order valence-electron chi connectivity index (χ2n) is 9.16. The van der Waals surface area contributed by atoms with Gasteiger partial charge in [-0.2, -0.15) is 0 Å². The highest BCUT2D eigenvalue weighted by Gasteiger charge is 2.28. The fourth-order valence-electron chi connectivity index (χ4n) is 5.03. The minimum Gasteiger partial charge on any atom is -0.306 e. The number of nitrogens with zero attached hydrogens (tertiary/aromatic N) is 4. The molecule has 7 heteroatoms. The topological polar surface area (TPSA) is 60.1 Å². The second-order valence-corrected chi connectivity index (χ2v) is 9.16. The Morgan fingerprint density at radius 3 is 2.32 bits per heavy atom. The van der Waals surface area contributed by atoms with E-state index in [9.17, 15) is 14.0 Å². The van der Waals surface area contributed by atoms with Crippen LogP contribution in [0.2, 0.25) is 0 Å². The highest BCUT2D eigenvalue weighted by molar-refractivity contribution is 5.76. The molecule has 2 heterocycles. The van der Waals surface area contributed by atoms with Crippen molar-refractivity contribution in [2.75, 3.05) is 14.1 Å². The van der Waals surface area contributed by atoms with Gasteiger partial charge in [-0.3, -0.25) is 9.36 Å². The van der Waals surface area contributed by atoms with Crippen LogP contribution in [0.25, 0.3) is 27.8 Å². The lowest BCUT2D eigenvalue weighted by atomic mass is 9.90. The average Bonchev–Trinajstić information content (AvgIpc) is 2.86. The molecule has 174 valence electrons. The van der Waals surface area contributed by atoms with Gasteiger partial charge in [0.25, 0.3) is 5.56 Å². The molecule has 1 aliphatic carbocycles. The third kappa shape index (κ3) is 3.96. The van der Waals surface area contributed by atoms with Crippen LogP contribution in [0.1, 0.15) is 31.7 Å². The summed E-state index contributed by atoms with van der Waals surface area (Å²) >= 11 is 0. The Morgan fingerprint density at radius 1 is 0.912 bits per heavy atom. The van der Waals surface area contributed by atoms with Crippen LogP contribution in [0.3, 0.4) is 0 Å². The molecule has 2 aromatic carbocycles. The van der Waals surface area contributed by atoms with Crippen molar-refractivity contribution in [3.05, 3.63) is 93.5 Å². The summed E-state index contributed by atoms with van der Waals surface area (Å²) < 4.78 is 16.9. The summed E-state index contributed by atoms with van der Waals surface area (Å²) in [6.07, 6.45) is 4.27. The van der Waals surface area contributed by atoms with Crippen LogP contribution in [0.5, 0.6) is 0 Å². The summed E-state index contributed by atoms with van der Waals surface area (Å²) in [5.74, 6) is -0.601. The Bertz CT molecular complexity index is 1450. The second kappa shape index (κ2) is 8.99. The van der Waals surface area contributed by atoms with Crippen LogP contribution in [0.4, 0.5) is 4.39 Å². The van der Waals surface area contributed by atoms with Crippen molar-refractivity contribution in [3.8, 4) is 16.8 Å². The highest BCUT2D eigenvalue weighted by atomic mass is 19.1. The van der Waals surface area contributed by atoms with E-state index in [1.165, 1.54) is 15.2 Å². The standard InChI is InChI=1S/C27H27FN4O2/c1-30(2)21-11-13-22(14-12-21)32-26(33)24-16-20(28)17-29-25(24)31(27(32)34)23-10-6-9-19(15-23)18-7-4-3-5-8-18/h3-10,15-17,21-22H,11-14H2,1-2H3/t21-,22+. The first-order valence-electron chi connectivity index (χ1n) is 11.6. The summed E-state index contributed by atoms with van der Waals surface area (Å²) in [5.41, 5.74) is 1.79.